The van der Waals surface area contributed by atoms with Crippen LogP contribution < -0.4 is 5.32 Å². The van der Waals surface area contributed by atoms with Gasteiger partial charge in [0, 0.05) is 6.42 Å². The molecule has 0 radical (unpaired) electrons. The topological polar surface area (TPSA) is 69.6 Å². The number of carbonyl (C=O) groups excluding carboxylic acids is 1. The van der Waals surface area contributed by atoms with Crippen LogP contribution in [0.15, 0.2) is 146 Å². The van der Waals surface area contributed by atoms with Crippen LogP contribution in [0.25, 0.3) is 0 Å². The second kappa shape index (κ2) is 63.6. The summed E-state index contributed by atoms with van der Waals surface area (Å²) >= 11 is 0. The van der Waals surface area contributed by atoms with Gasteiger partial charge in [-0.2, -0.15) is 0 Å². The molecule has 0 fully saturated rings. The van der Waals surface area contributed by atoms with Gasteiger partial charge in [-0.05, 0) is 103 Å². The van der Waals surface area contributed by atoms with Gasteiger partial charge in [0.25, 0.3) is 0 Å². The van der Waals surface area contributed by atoms with E-state index in [-0.39, 0.29) is 12.5 Å². The van der Waals surface area contributed by atoms with Crippen LogP contribution in [0.5, 0.6) is 0 Å². The highest BCUT2D eigenvalue weighted by molar-refractivity contribution is 5.76. The number of carbonyl (C=O) groups is 1. The monoisotopic (exact) mass is 1020 g/mol. The quantitative estimate of drug-likeness (QED) is 0.0420. The summed E-state index contributed by atoms with van der Waals surface area (Å²) in [4.78, 5) is 12.5. The highest BCUT2D eigenvalue weighted by Crippen LogP contribution is 2.16. The van der Waals surface area contributed by atoms with E-state index in [0.717, 1.165) is 109 Å². The first-order valence-electron chi connectivity index (χ1n) is 31.0. The lowest BCUT2D eigenvalue weighted by atomic mass is 10.0. The highest BCUT2D eigenvalue weighted by atomic mass is 16.3. The maximum absolute atomic E-state index is 12.5. The van der Waals surface area contributed by atoms with Crippen molar-refractivity contribution in [2.24, 2.45) is 0 Å². The zero-order chi connectivity index (χ0) is 53.4. The molecule has 0 spiro atoms. The summed E-state index contributed by atoms with van der Waals surface area (Å²) in [6.07, 6.45) is 100. The number of aliphatic hydroxyl groups is 2. The molecule has 0 bridgehead atoms. The van der Waals surface area contributed by atoms with Crippen LogP contribution in [0.4, 0.5) is 0 Å². The molecule has 0 aliphatic rings. The van der Waals surface area contributed by atoms with Gasteiger partial charge in [-0.15, -0.1) is 0 Å². The lowest BCUT2D eigenvalue weighted by Gasteiger charge is -2.20. The third kappa shape index (κ3) is 59.2. The SMILES string of the molecule is CC/C=C\C/C=C\C/C=C\C/C=C\C/C=C\C/C=C\C/C=C\C/C=C\C/C=C\C/C=C\C/C=C\CCCCCCCCCC(=O)NC(CO)C(O)/C=C/CCCCCCCCCCCCCCCCCCCCC. The van der Waals surface area contributed by atoms with Crippen molar-refractivity contribution in [2.75, 3.05) is 6.61 Å². The van der Waals surface area contributed by atoms with Crippen LogP contribution in [-0.2, 0) is 4.79 Å². The molecule has 0 heterocycles. The van der Waals surface area contributed by atoms with E-state index in [2.05, 4.69) is 153 Å². The molecule has 0 aromatic carbocycles. The van der Waals surface area contributed by atoms with E-state index < -0.39 is 12.1 Å². The fourth-order valence-electron chi connectivity index (χ4n) is 8.65. The molecule has 0 aromatic rings. The molecule has 0 aliphatic carbocycles. The van der Waals surface area contributed by atoms with Crippen molar-refractivity contribution in [3.8, 4) is 0 Å². The summed E-state index contributed by atoms with van der Waals surface area (Å²) < 4.78 is 0. The first-order valence-corrected chi connectivity index (χ1v) is 31.0. The number of hydrogen-bond donors (Lipinski definition) is 3. The average Bonchev–Trinajstić information content (AvgIpc) is 3.40. The molecule has 4 heteroatoms. The Morgan fingerprint density at radius 1 is 0.338 bits per heavy atom. The molecule has 0 saturated carbocycles. The first-order chi connectivity index (χ1) is 36.7. The Hall–Kier alpha value is -3.73. The molecule has 0 saturated heterocycles. The van der Waals surface area contributed by atoms with Crippen LogP contribution in [0.1, 0.15) is 271 Å². The Morgan fingerprint density at radius 2 is 0.595 bits per heavy atom. The summed E-state index contributed by atoms with van der Waals surface area (Å²) in [5.74, 6) is -0.0791. The molecular weight excluding hydrogens is 903 g/mol. The van der Waals surface area contributed by atoms with Crippen LogP contribution >= 0.6 is 0 Å². The van der Waals surface area contributed by atoms with E-state index in [1.807, 2.05) is 6.08 Å². The van der Waals surface area contributed by atoms with Gasteiger partial charge in [0.1, 0.15) is 0 Å². The minimum atomic E-state index is -0.855. The Labute approximate surface area is 459 Å². The molecule has 420 valence electrons. The Morgan fingerprint density at radius 3 is 0.892 bits per heavy atom. The van der Waals surface area contributed by atoms with E-state index >= 15 is 0 Å². The molecule has 2 atom stereocenters. The fourth-order valence-corrected chi connectivity index (χ4v) is 8.65. The zero-order valence-corrected chi connectivity index (χ0v) is 48.3. The standard InChI is InChI=1S/C70H117NO3/c1-3-5-7-9-11-13-15-17-19-21-23-25-26-27-28-29-30-31-32-33-34-35-36-37-38-39-40-41-42-43-44-46-48-50-52-54-56-58-60-62-64-66-70(74)71-68(67-72)69(73)65-63-61-59-57-55-53-51-49-47-45-24-22-20-18-16-14-12-10-8-6-4-2/h5,7,11,13,17,19,23,25,27-28,30-31,33-34,36-37,39-40,42-43,46,48,63,65,68-69,72-73H,3-4,6,8-10,12,14-16,18,20-22,24,26,29,32,35,38,41,44-45,47,49-62,64,66-67H2,1-2H3,(H,71,74)/b7-5-,13-11-,19-17-,25-23-,28-27-,31-30-,34-33-,37-36-,40-39-,43-42-,48-46-,65-63+. The minimum Gasteiger partial charge on any atom is -0.394 e. The third-order valence-corrected chi connectivity index (χ3v) is 13.3. The van der Waals surface area contributed by atoms with Crippen LogP contribution in [0, 0.1) is 0 Å². The number of nitrogens with one attached hydrogen (secondary N) is 1. The van der Waals surface area contributed by atoms with E-state index in [0.29, 0.717) is 6.42 Å². The highest BCUT2D eigenvalue weighted by Gasteiger charge is 2.18. The molecule has 2 unspecified atom stereocenters. The number of hydrogen-bond acceptors (Lipinski definition) is 3. The number of aliphatic hydroxyl groups excluding tert-OH is 2. The summed E-state index contributed by atoms with van der Waals surface area (Å²) in [7, 11) is 0. The van der Waals surface area contributed by atoms with Crippen molar-refractivity contribution >= 4 is 5.91 Å². The summed E-state index contributed by atoms with van der Waals surface area (Å²) in [5.41, 5.74) is 0. The predicted molar refractivity (Wildman–Crippen MR) is 331 cm³/mol. The van der Waals surface area contributed by atoms with Gasteiger partial charge < -0.3 is 15.5 Å². The lowest BCUT2D eigenvalue weighted by molar-refractivity contribution is -0.123. The van der Waals surface area contributed by atoms with E-state index in [1.165, 1.54) is 141 Å². The normalized spacial score (nSPS) is 13.8. The summed E-state index contributed by atoms with van der Waals surface area (Å²) in [6.45, 7) is 4.20. The lowest BCUT2D eigenvalue weighted by Crippen LogP contribution is -2.45. The van der Waals surface area contributed by atoms with Crippen molar-refractivity contribution < 1.29 is 15.0 Å². The van der Waals surface area contributed by atoms with Crippen LogP contribution in [-0.4, -0.2) is 34.9 Å². The van der Waals surface area contributed by atoms with Gasteiger partial charge in [-0.1, -0.05) is 307 Å². The molecule has 0 rings (SSSR count). The van der Waals surface area contributed by atoms with E-state index in [4.69, 9.17) is 0 Å². The molecular formula is C70H117NO3. The van der Waals surface area contributed by atoms with Crippen molar-refractivity contribution in [1.29, 1.82) is 0 Å². The van der Waals surface area contributed by atoms with Gasteiger partial charge in [0.05, 0.1) is 18.8 Å². The minimum absolute atomic E-state index is 0.0791. The molecule has 4 nitrogen and oxygen atoms in total. The average molecular weight is 1020 g/mol. The number of allylic oxidation sites excluding steroid dienone is 23. The third-order valence-electron chi connectivity index (χ3n) is 13.3. The first kappa shape index (κ1) is 70.3. The van der Waals surface area contributed by atoms with Gasteiger partial charge in [0.15, 0.2) is 0 Å². The van der Waals surface area contributed by atoms with E-state index in [9.17, 15) is 15.0 Å². The van der Waals surface area contributed by atoms with Crippen LogP contribution in [0.2, 0.25) is 0 Å². The largest absolute Gasteiger partial charge is 0.394 e. The molecule has 74 heavy (non-hydrogen) atoms. The maximum atomic E-state index is 12.5. The molecule has 0 aromatic heterocycles. The van der Waals surface area contributed by atoms with Crippen molar-refractivity contribution in [3.05, 3.63) is 146 Å². The number of amides is 1. The maximum Gasteiger partial charge on any atom is 0.220 e. The smallest absolute Gasteiger partial charge is 0.220 e. The fraction of sp³-hybridized carbons (Fsp3) is 0.643. The zero-order valence-electron chi connectivity index (χ0n) is 48.3. The summed E-state index contributed by atoms with van der Waals surface area (Å²) in [6, 6.07) is -0.639. The van der Waals surface area contributed by atoms with Crippen LogP contribution in [0.3, 0.4) is 0 Å². The molecule has 0 aliphatic heterocycles. The Balaban J connectivity index is 3.64. The second-order valence-electron chi connectivity index (χ2n) is 20.4. The van der Waals surface area contributed by atoms with Crippen molar-refractivity contribution in [3.63, 3.8) is 0 Å². The number of unbranched alkanes of at least 4 members (excludes halogenated alkanes) is 26. The number of rotatable bonds is 55. The van der Waals surface area contributed by atoms with Gasteiger partial charge in [0.2, 0.25) is 5.91 Å². The second-order valence-corrected chi connectivity index (χ2v) is 20.4. The Kier molecular flexibility index (Phi) is 60.4. The van der Waals surface area contributed by atoms with Crippen molar-refractivity contribution in [1.82, 2.24) is 5.32 Å². The molecule has 1 amide bonds. The van der Waals surface area contributed by atoms with Gasteiger partial charge in [-0.3, -0.25) is 4.79 Å². The van der Waals surface area contributed by atoms with Gasteiger partial charge in [-0.25, -0.2) is 0 Å². The summed E-state index contributed by atoms with van der Waals surface area (Å²) in [5, 5.41) is 23.2. The Bertz CT molecular complexity index is 1530. The van der Waals surface area contributed by atoms with Crippen molar-refractivity contribution in [2.45, 2.75) is 283 Å². The predicted octanol–water partition coefficient (Wildman–Crippen LogP) is 21.1. The molecule has 3 N–H and O–H groups in total. The van der Waals surface area contributed by atoms with E-state index in [1.54, 1.807) is 6.08 Å². The van der Waals surface area contributed by atoms with Gasteiger partial charge >= 0.3 is 0 Å².